The van der Waals surface area contributed by atoms with Gasteiger partial charge in [-0.05, 0) is 140 Å². The molecule has 1 aromatic heterocycles. The van der Waals surface area contributed by atoms with Gasteiger partial charge in [0, 0.05) is 55.9 Å². The summed E-state index contributed by atoms with van der Waals surface area (Å²) in [6.07, 6.45) is 6.35. The minimum atomic E-state index is 0. The van der Waals surface area contributed by atoms with Crippen molar-refractivity contribution < 1.29 is 0 Å². The Hall–Kier alpha value is -3.63. The first kappa shape index (κ1) is 36.2. The fourth-order valence-electron chi connectivity index (χ4n) is 6.88. The minimum absolute atomic E-state index is 0. The molecular weight excluding hydrogens is 617 g/mol. The summed E-state index contributed by atoms with van der Waals surface area (Å²) < 4.78 is 0. The Morgan fingerprint density at radius 1 is 0.596 bits per heavy atom. The van der Waals surface area contributed by atoms with E-state index < -0.39 is 0 Å². The van der Waals surface area contributed by atoms with E-state index in [2.05, 4.69) is 141 Å². The number of aromatic nitrogens is 1. The number of hydrogen-bond acceptors (Lipinski definition) is 3. The largest absolute Gasteiger partial charge is 0.364 e. The van der Waals surface area contributed by atoms with Gasteiger partial charge < -0.3 is 4.90 Å². The van der Waals surface area contributed by atoms with Crippen LogP contribution in [0.1, 0.15) is 57.3 Å². The van der Waals surface area contributed by atoms with E-state index in [1.54, 1.807) is 0 Å². The molecule has 4 aromatic carbocycles. The van der Waals surface area contributed by atoms with Crippen molar-refractivity contribution >= 4 is 30.5 Å². The number of para-hydroxylation sites is 1. The number of halogens is 2. The van der Waals surface area contributed by atoms with E-state index in [9.17, 15) is 0 Å². The number of rotatable bonds is 8. The smallest absolute Gasteiger partial charge is 0.0432 e. The zero-order valence-electron chi connectivity index (χ0n) is 28.7. The fraction of sp³-hybridized carbons (Fsp3) is 0.310. The Balaban J connectivity index is 0.00000250. The lowest BCUT2D eigenvalue weighted by molar-refractivity contribution is 0.200. The summed E-state index contributed by atoms with van der Waals surface area (Å²) in [7, 11) is 0. The molecule has 5 aromatic rings. The van der Waals surface area contributed by atoms with Gasteiger partial charge in [-0.3, -0.25) is 9.88 Å². The maximum atomic E-state index is 4.65. The van der Waals surface area contributed by atoms with Crippen LogP contribution in [0.5, 0.6) is 0 Å². The molecule has 0 unspecified atom stereocenters. The lowest BCUT2D eigenvalue weighted by Gasteiger charge is -2.40. The van der Waals surface area contributed by atoms with Gasteiger partial charge in [-0.1, -0.05) is 60.7 Å². The average molecular weight is 667 g/mol. The molecule has 1 aliphatic rings. The van der Waals surface area contributed by atoms with E-state index in [0.717, 1.165) is 39.0 Å². The number of hydrogen-bond donors (Lipinski definition) is 0. The molecule has 1 aliphatic heterocycles. The van der Waals surface area contributed by atoms with Gasteiger partial charge in [-0.15, -0.1) is 24.8 Å². The van der Waals surface area contributed by atoms with Crippen LogP contribution < -0.4 is 4.90 Å². The van der Waals surface area contributed by atoms with Crippen molar-refractivity contribution in [1.29, 1.82) is 0 Å². The number of anilines is 1. The first-order valence-electron chi connectivity index (χ1n) is 16.5. The van der Waals surface area contributed by atoms with E-state index in [4.69, 9.17) is 0 Å². The van der Waals surface area contributed by atoms with Crippen LogP contribution in [-0.2, 0) is 13.1 Å². The average Bonchev–Trinajstić information content (AvgIpc) is 3.05. The summed E-state index contributed by atoms with van der Waals surface area (Å²) in [5.41, 5.74) is 17.2. The van der Waals surface area contributed by atoms with Crippen LogP contribution in [0.25, 0.3) is 22.3 Å². The number of piperidine rings is 1. The van der Waals surface area contributed by atoms with Crippen molar-refractivity contribution in [1.82, 2.24) is 9.88 Å². The molecule has 6 rings (SSSR count). The Labute approximate surface area is 294 Å². The number of benzene rings is 4. The normalized spacial score (nSPS) is 13.5. The van der Waals surface area contributed by atoms with E-state index in [1.807, 2.05) is 12.4 Å². The first-order valence-corrected chi connectivity index (χ1v) is 16.5. The SMILES string of the molecule is Cc1cc(-c2cncc(CN3CCC(N(Cc4cccc(-c5cc(C)c(C)c(C)c5)c4)c4ccccc4)CC3)c2)cc(C)c1C.Cl.Cl. The third-order valence-corrected chi connectivity index (χ3v) is 10.1. The maximum absolute atomic E-state index is 4.65. The molecule has 1 fully saturated rings. The molecule has 5 heteroatoms. The summed E-state index contributed by atoms with van der Waals surface area (Å²) in [4.78, 5) is 9.90. The maximum Gasteiger partial charge on any atom is 0.0432 e. The molecule has 0 spiro atoms. The lowest BCUT2D eigenvalue weighted by Crippen LogP contribution is -2.44. The van der Waals surface area contributed by atoms with Crippen LogP contribution in [0.15, 0.2) is 97.3 Å². The first-order chi connectivity index (χ1) is 21.7. The second-order valence-electron chi connectivity index (χ2n) is 13.2. The Kier molecular flexibility index (Phi) is 12.3. The molecule has 0 N–H and O–H groups in total. The molecule has 47 heavy (non-hydrogen) atoms. The summed E-state index contributed by atoms with van der Waals surface area (Å²) in [6, 6.07) is 32.3. The molecule has 3 nitrogen and oxygen atoms in total. The molecular formula is C42H49Cl2N3. The molecule has 1 saturated heterocycles. The standard InChI is InChI=1S/C42H47N3.2ClH/c1-29-19-38(20-30(2)33(29)5)37-12-10-11-35(23-37)28-45(41-13-8-7-9-14-41)42-15-17-44(18-16-42)27-36-24-40(26-43-25-36)39-21-31(3)34(6)32(4)22-39;;/h7-14,19-26,42H,15-18,27-28H2,1-6H3;2*1H. The molecule has 0 bridgehead atoms. The zero-order valence-corrected chi connectivity index (χ0v) is 30.3. The zero-order chi connectivity index (χ0) is 31.5. The summed E-state index contributed by atoms with van der Waals surface area (Å²) in [6.45, 7) is 17.3. The van der Waals surface area contributed by atoms with E-state index >= 15 is 0 Å². The third-order valence-electron chi connectivity index (χ3n) is 10.1. The third kappa shape index (κ3) is 8.46. The monoisotopic (exact) mass is 665 g/mol. The minimum Gasteiger partial charge on any atom is -0.364 e. The lowest BCUT2D eigenvalue weighted by atomic mass is 9.95. The molecule has 0 amide bonds. The van der Waals surface area contributed by atoms with Gasteiger partial charge in [0.15, 0.2) is 0 Å². The summed E-state index contributed by atoms with van der Waals surface area (Å²) >= 11 is 0. The highest BCUT2D eigenvalue weighted by Gasteiger charge is 2.25. The topological polar surface area (TPSA) is 19.4 Å². The highest BCUT2D eigenvalue weighted by Crippen LogP contribution is 2.30. The van der Waals surface area contributed by atoms with Gasteiger partial charge in [0.2, 0.25) is 0 Å². The van der Waals surface area contributed by atoms with Crippen LogP contribution in [0.2, 0.25) is 0 Å². The highest BCUT2D eigenvalue weighted by atomic mass is 35.5. The number of aryl methyl sites for hydroxylation is 4. The number of likely N-dealkylation sites (tertiary alicyclic amines) is 1. The number of nitrogens with zero attached hydrogens (tertiary/aromatic N) is 3. The fourth-order valence-corrected chi connectivity index (χ4v) is 6.88. The van der Waals surface area contributed by atoms with Crippen molar-refractivity contribution in [2.75, 3.05) is 18.0 Å². The van der Waals surface area contributed by atoms with Crippen molar-refractivity contribution in [3.05, 3.63) is 142 Å². The van der Waals surface area contributed by atoms with Gasteiger partial charge in [0.25, 0.3) is 0 Å². The Morgan fingerprint density at radius 3 is 1.74 bits per heavy atom. The van der Waals surface area contributed by atoms with Crippen molar-refractivity contribution in [2.24, 2.45) is 0 Å². The molecule has 246 valence electrons. The Morgan fingerprint density at radius 2 is 1.15 bits per heavy atom. The van der Waals surface area contributed by atoms with Gasteiger partial charge >= 0.3 is 0 Å². The molecule has 0 saturated carbocycles. The quantitative estimate of drug-likeness (QED) is 0.164. The van der Waals surface area contributed by atoms with Crippen LogP contribution in [0.3, 0.4) is 0 Å². The molecule has 0 aliphatic carbocycles. The highest BCUT2D eigenvalue weighted by molar-refractivity contribution is 5.85. The van der Waals surface area contributed by atoms with Crippen LogP contribution in [0.4, 0.5) is 5.69 Å². The number of pyridine rings is 1. The Bertz CT molecular complexity index is 1750. The van der Waals surface area contributed by atoms with Crippen LogP contribution >= 0.6 is 24.8 Å². The van der Waals surface area contributed by atoms with Crippen LogP contribution in [0, 0.1) is 41.5 Å². The molecule has 0 radical (unpaired) electrons. The van der Waals surface area contributed by atoms with E-state index in [1.165, 1.54) is 72.4 Å². The predicted molar refractivity (Wildman–Crippen MR) is 205 cm³/mol. The van der Waals surface area contributed by atoms with Gasteiger partial charge in [-0.2, -0.15) is 0 Å². The van der Waals surface area contributed by atoms with Gasteiger partial charge in [0.1, 0.15) is 0 Å². The second-order valence-corrected chi connectivity index (χ2v) is 13.2. The molecule has 0 atom stereocenters. The van der Waals surface area contributed by atoms with Gasteiger partial charge in [-0.25, -0.2) is 0 Å². The van der Waals surface area contributed by atoms with Gasteiger partial charge in [0.05, 0.1) is 0 Å². The van der Waals surface area contributed by atoms with E-state index in [0.29, 0.717) is 6.04 Å². The second kappa shape index (κ2) is 16.0. The van der Waals surface area contributed by atoms with Crippen LogP contribution in [-0.4, -0.2) is 29.0 Å². The summed E-state index contributed by atoms with van der Waals surface area (Å²) in [5.74, 6) is 0. The predicted octanol–water partition coefficient (Wildman–Crippen LogP) is 10.8. The van der Waals surface area contributed by atoms with Crippen molar-refractivity contribution in [3.63, 3.8) is 0 Å². The molecule has 2 heterocycles. The van der Waals surface area contributed by atoms with Crippen molar-refractivity contribution in [3.8, 4) is 22.3 Å². The van der Waals surface area contributed by atoms with Crippen molar-refractivity contribution in [2.45, 2.75) is 73.5 Å². The van der Waals surface area contributed by atoms with E-state index in [-0.39, 0.29) is 24.8 Å². The summed E-state index contributed by atoms with van der Waals surface area (Å²) in [5, 5.41) is 0.